The summed E-state index contributed by atoms with van der Waals surface area (Å²) in [7, 11) is 0. The van der Waals surface area contributed by atoms with Crippen molar-refractivity contribution in [2.75, 3.05) is 24.6 Å². The lowest BCUT2D eigenvalue weighted by Gasteiger charge is -2.32. The van der Waals surface area contributed by atoms with Crippen molar-refractivity contribution in [3.8, 4) is 0 Å². The van der Waals surface area contributed by atoms with Crippen LogP contribution in [0, 0.1) is 6.92 Å². The molecule has 0 spiro atoms. The molecule has 0 aliphatic carbocycles. The average molecular weight is 329 g/mol. The Hall–Kier alpha value is -2.55. The van der Waals surface area contributed by atoms with E-state index in [9.17, 15) is 0 Å². The van der Waals surface area contributed by atoms with E-state index in [-0.39, 0.29) is 12.5 Å². The zero-order chi connectivity index (χ0) is 16.5. The molecule has 0 unspecified atom stereocenters. The molecule has 0 aromatic carbocycles. The third-order valence-electron chi connectivity index (χ3n) is 4.34. The lowest BCUT2D eigenvalue weighted by atomic mass is 9.98. The zero-order valence-corrected chi connectivity index (χ0v) is 13.5. The molecule has 4 heterocycles. The van der Waals surface area contributed by atoms with Crippen LogP contribution in [-0.2, 0) is 6.54 Å². The Labute approximate surface area is 138 Å². The number of aliphatic hydroxyl groups is 1. The van der Waals surface area contributed by atoms with Gasteiger partial charge in [0.05, 0.1) is 30.7 Å². The number of aromatic nitrogens is 6. The van der Waals surface area contributed by atoms with Crippen molar-refractivity contribution in [3.05, 3.63) is 24.2 Å². The minimum absolute atomic E-state index is 0.0262. The molecule has 0 radical (unpaired) electrons. The van der Waals surface area contributed by atoms with Gasteiger partial charge in [-0.1, -0.05) is 5.16 Å². The maximum absolute atomic E-state index is 9.14. The third kappa shape index (κ3) is 2.60. The molecule has 9 heteroatoms. The number of aryl methyl sites for hydroxylation is 1. The first-order chi connectivity index (χ1) is 11.8. The van der Waals surface area contributed by atoms with Gasteiger partial charge >= 0.3 is 0 Å². The largest absolute Gasteiger partial charge is 0.394 e. The van der Waals surface area contributed by atoms with Crippen molar-refractivity contribution in [1.82, 2.24) is 29.9 Å². The second kappa shape index (κ2) is 6.16. The second-order valence-electron chi connectivity index (χ2n) is 5.99. The van der Waals surface area contributed by atoms with Crippen molar-refractivity contribution in [1.29, 1.82) is 0 Å². The standard InChI is InChI=1S/C15H19N7O2/c1-10-19-15(24-20-10)11-3-2-4-21(8-11)13-12-7-18-22(5-6-23)14(12)17-9-16-13/h7,9,11,23H,2-6,8H2,1H3/t11-/m0/s1. The molecule has 1 atom stereocenters. The van der Waals surface area contributed by atoms with Gasteiger partial charge in [0.1, 0.15) is 12.1 Å². The number of hydrogen-bond donors (Lipinski definition) is 1. The van der Waals surface area contributed by atoms with Gasteiger partial charge in [0.25, 0.3) is 0 Å². The van der Waals surface area contributed by atoms with E-state index < -0.39 is 0 Å². The van der Waals surface area contributed by atoms with Crippen LogP contribution in [0.5, 0.6) is 0 Å². The Morgan fingerprint density at radius 1 is 1.38 bits per heavy atom. The first-order valence-electron chi connectivity index (χ1n) is 8.09. The van der Waals surface area contributed by atoms with E-state index >= 15 is 0 Å². The van der Waals surface area contributed by atoms with E-state index in [2.05, 4.69) is 30.1 Å². The number of hydrogen-bond acceptors (Lipinski definition) is 8. The molecule has 1 aliphatic rings. The molecule has 1 fully saturated rings. The number of fused-ring (bicyclic) bond motifs is 1. The van der Waals surface area contributed by atoms with Gasteiger partial charge in [-0.2, -0.15) is 10.1 Å². The van der Waals surface area contributed by atoms with E-state index in [4.69, 9.17) is 9.63 Å². The van der Waals surface area contributed by atoms with Crippen LogP contribution in [0.15, 0.2) is 17.0 Å². The minimum atomic E-state index is 0.0262. The summed E-state index contributed by atoms with van der Waals surface area (Å²) in [6, 6.07) is 0. The number of rotatable bonds is 4. The van der Waals surface area contributed by atoms with E-state index in [0.717, 1.165) is 42.8 Å². The van der Waals surface area contributed by atoms with Crippen molar-refractivity contribution in [3.63, 3.8) is 0 Å². The third-order valence-corrected chi connectivity index (χ3v) is 4.34. The molecule has 126 valence electrons. The fourth-order valence-corrected chi connectivity index (χ4v) is 3.24. The van der Waals surface area contributed by atoms with Crippen LogP contribution in [0.2, 0.25) is 0 Å². The number of anilines is 1. The van der Waals surface area contributed by atoms with Gasteiger partial charge in [-0.25, -0.2) is 14.6 Å². The molecule has 0 amide bonds. The SMILES string of the molecule is Cc1noc([C@H]2CCCN(c3ncnc4c3cnn4CCO)C2)n1. The quantitative estimate of drug-likeness (QED) is 0.752. The van der Waals surface area contributed by atoms with E-state index in [1.54, 1.807) is 17.2 Å². The maximum atomic E-state index is 9.14. The van der Waals surface area contributed by atoms with Crippen LogP contribution >= 0.6 is 0 Å². The average Bonchev–Trinajstić information content (AvgIpc) is 3.22. The highest BCUT2D eigenvalue weighted by molar-refractivity contribution is 5.86. The number of nitrogens with zero attached hydrogens (tertiary/aromatic N) is 7. The summed E-state index contributed by atoms with van der Waals surface area (Å²) in [5.74, 6) is 2.43. The van der Waals surface area contributed by atoms with Crippen LogP contribution in [0.1, 0.15) is 30.5 Å². The van der Waals surface area contributed by atoms with Gasteiger partial charge in [-0.15, -0.1) is 0 Å². The fourth-order valence-electron chi connectivity index (χ4n) is 3.24. The summed E-state index contributed by atoms with van der Waals surface area (Å²) < 4.78 is 7.04. The molecular formula is C15H19N7O2. The minimum Gasteiger partial charge on any atom is -0.394 e. The summed E-state index contributed by atoms with van der Waals surface area (Å²) in [5, 5.41) is 18.2. The van der Waals surface area contributed by atoms with Crippen molar-refractivity contribution in [2.45, 2.75) is 32.2 Å². The molecular weight excluding hydrogens is 310 g/mol. The summed E-state index contributed by atoms with van der Waals surface area (Å²) >= 11 is 0. The summed E-state index contributed by atoms with van der Waals surface area (Å²) in [6.07, 6.45) is 5.37. The first-order valence-corrected chi connectivity index (χ1v) is 8.09. The normalized spacial score (nSPS) is 18.4. The van der Waals surface area contributed by atoms with Gasteiger partial charge in [0.15, 0.2) is 11.5 Å². The van der Waals surface area contributed by atoms with Gasteiger partial charge in [0.2, 0.25) is 5.89 Å². The van der Waals surface area contributed by atoms with Crippen LogP contribution in [0.25, 0.3) is 11.0 Å². The highest BCUT2D eigenvalue weighted by atomic mass is 16.5. The lowest BCUT2D eigenvalue weighted by molar-refractivity contribution is 0.271. The Morgan fingerprint density at radius 2 is 2.29 bits per heavy atom. The fraction of sp³-hybridized carbons (Fsp3) is 0.533. The molecule has 3 aromatic rings. The van der Waals surface area contributed by atoms with E-state index in [1.807, 2.05) is 6.92 Å². The van der Waals surface area contributed by atoms with Gasteiger partial charge in [0, 0.05) is 13.1 Å². The van der Waals surface area contributed by atoms with Gasteiger partial charge in [-0.3, -0.25) is 0 Å². The smallest absolute Gasteiger partial charge is 0.231 e. The predicted molar refractivity (Wildman–Crippen MR) is 85.6 cm³/mol. The summed E-state index contributed by atoms with van der Waals surface area (Å²) in [5.41, 5.74) is 0.741. The van der Waals surface area contributed by atoms with Gasteiger partial charge in [-0.05, 0) is 19.8 Å². The molecule has 9 nitrogen and oxygen atoms in total. The molecule has 1 saturated heterocycles. The molecule has 0 saturated carbocycles. The van der Waals surface area contributed by atoms with Gasteiger partial charge < -0.3 is 14.5 Å². The highest BCUT2D eigenvalue weighted by Gasteiger charge is 2.27. The van der Waals surface area contributed by atoms with Crippen LogP contribution < -0.4 is 4.90 Å². The van der Waals surface area contributed by atoms with Crippen LogP contribution in [-0.4, -0.2) is 54.7 Å². The number of piperidine rings is 1. The van der Waals surface area contributed by atoms with Crippen molar-refractivity contribution in [2.24, 2.45) is 0 Å². The second-order valence-corrected chi connectivity index (χ2v) is 5.99. The summed E-state index contributed by atoms with van der Waals surface area (Å²) in [4.78, 5) is 15.4. The lowest BCUT2D eigenvalue weighted by Crippen LogP contribution is -2.35. The maximum Gasteiger partial charge on any atom is 0.231 e. The Balaban J connectivity index is 1.64. The van der Waals surface area contributed by atoms with Crippen LogP contribution in [0.4, 0.5) is 5.82 Å². The molecule has 3 aromatic heterocycles. The Morgan fingerprint density at radius 3 is 3.08 bits per heavy atom. The Kier molecular flexibility index (Phi) is 3.85. The van der Waals surface area contributed by atoms with Crippen molar-refractivity contribution < 1.29 is 9.63 Å². The highest BCUT2D eigenvalue weighted by Crippen LogP contribution is 2.31. The molecule has 1 N–H and O–H groups in total. The van der Waals surface area contributed by atoms with Crippen molar-refractivity contribution >= 4 is 16.9 Å². The van der Waals surface area contributed by atoms with E-state index in [0.29, 0.717) is 18.3 Å². The van der Waals surface area contributed by atoms with Crippen LogP contribution in [0.3, 0.4) is 0 Å². The summed E-state index contributed by atoms with van der Waals surface area (Å²) in [6.45, 7) is 3.97. The number of aliphatic hydroxyl groups excluding tert-OH is 1. The van der Waals surface area contributed by atoms with E-state index in [1.165, 1.54) is 0 Å². The zero-order valence-electron chi connectivity index (χ0n) is 13.5. The molecule has 24 heavy (non-hydrogen) atoms. The first kappa shape index (κ1) is 15.0. The molecule has 4 rings (SSSR count). The molecule has 1 aliphatic heterocycles. The Bertz CT molecular complexity index is 843. The monoisotopic (exact) mass is 329 g/mol. The molecule has 0 bridgehead atoms. The topological polar surface area (TPSA) is 106 Å². The predicted octanol–water partition coefficient (Wildman–Crippen LogP) is 0.894.